The summed E-state index contributed by atoms with van der Waals surface area (Å²) in [7, 11) is -2.00. The lowest BCUT2D eigenvalue weighted by molar-refractivity contribution is 0.447. The van der Waals surface area contributed by atoms with Gasteiger partial charge in [0.15, 0.2) is 0 Å². The first-order valence-corrected chi connectivity index (χ1v) is 18.6. The summed E-state index contributed by atoms with van der Waals surface area (Å²) in [6.45, 7) is 34.8. The third kappa shape index (κ3) is 7.32. The fraction of sp³-hybridized carbons (Fsp3) is 0.455. The van der Waals surface area contributed by atoms with Gasteiger partial charge in [0.1, 0.15) is 22.7 Å². The van der Waals surface area contributed by atoms with Gasteiger partial charge in [-0.25, -0.2) is 0 Å². The van der Waals surface area contributed by atoms with Gasteiger partial charge >= 0.3 is 8.24 Å². The van der Waals surface area contributed by atoms with Crippen LogP contribution in [0.25, 0.3) is 33.1 Å². The minimum atomic E-state index is -2.00. The van der Waals surface area contributed by atoms with E-state index >= 15 is 0 Å². The topological polar surface area (TPSA) is 55.7 Å². The number of fused-ring (bicyclic) bond motifs is 3. The highest BCUT2D eigenvalue weighted by atomic mass is 31.1. The van der Waals surface area contributed by atoms with E-state index in [9.17, 15) is 5.11 Å². The van der Waals surface area contributed by atoms with Crippen molar-refractivity contribution in [2.75, 3.05) is 0 Å². The highest BCUT2D eigenvalue weighted by Crippen LogP contribution is 2.51. The molecule has 1 heterocycles. The molecule has 5 rings (SSSR count). The molecule has 0 atom stereocenters. The third-order valence-corrected chi connectivity index (χ3v) is 10.3. The number of hydrogen-bond donors (Lipinski definition) is 1. The van der Waals surface area contributed by atoms with Gasteiger partial charge in [-0.15, -0.1) is 0 Å². The second-order valence-corrected chi connectivity index (χ2v) is 19.3. The molecule has 1 N–H and O–H groups in total. The van der Waals surface area contributed by atoms with E-state index in [4.69, 9.17) is 12.9 Å². The normalized spacial score (nSPS) is 13.0. The predicted molar refractivity (Wildman–Crippen MR) is 210 cm³/mol. The van der Waals surface area contributed by atoms with E-state index in [-0.39, 0.29) is 27.4 Å². The van der Waals surface area contributed by atoms with Crippen molar-refractivity contribution in [3.8, 4) is 22.6 Å². The highest BCUT2D eigenvalue weighted by molar-refractivity contribution is 7.32. The van der Waals surface area contributed by atoms with Crippen molar-refractivity contribution in [2.45, 2.75) is 132 Å². The zero-order valence-corrected chi connectivity index (χ0v) is 33.6. The molecule has 0 spiro atoms. The van der Waals surface area contributed by atoms with Crippen LogP contribution in [0.4, 0.5) is 0 Å². The second kappa shape index (κ2) is 12.3. The molecule has 0 aliphatic carbocycles. The molecule has 49 heavy (non-hydrogen) atoms. The van der Waals surface area contributed by atoms with Crippen LogP contribution in [0.2, 0.25) is 0 Å². The fourth-order valence-corrected chi connectivity index (χ4v) is 7.87. The zero-order chi connectivity index (χ0) is 36.6. The van der Waals surface area contributed by atoms with Gasteiger partial charge in [0, 0.05) is 44.2 Å². The Morgan fingerprint density at radius 3 is 1.22 bits per heavy atom. The number of phenolic OH excluding ortho intramolecular Hbond substituents is 1. The summed E-state index contributed by atoms with van der Waals surface area (Å²) in [4.78, 5) is 0. The van der Waals surface area contributed by atoms with Gasteiger partial charge in [0.25, 0.3) is 0 Å². The average Bonchev–Trinajstić information content (AvgIpc) is 3.08. The molecular weight excluding hydrogens is 623 g/mol. The SMILES string of the molecule is Cc1cc(-c2cc(C)cc(C(C)(C)C)c2Op2oc3c(C(C)(C)C)cc(C)cc3c3cc(C)cc(C(C)(C)C)c3o2)c(O)c(C(C)(C)C)c1. The average molecular weight is 681 g/mol. The molecule has 0 aliphatic rings. The van der Waals surface area contributed by atoms with Crippen LogP contribution < -0.4 is 4.52 Å². The van der Waals surface area contributed by atoms with E-state index in [2.05, 4.69) is 159 Å². The summed E-state index contributed by atoms with van der Waals surface area (Å²) in [6, 6.07) is 17.4. The maximum Gasteiger partial charge on any atom is 0.453 e. The minimum absolute atomic E-state index is 0.194. The molecular formula is C44H57O4P. The van der Waals surface area contributed by atoms with Crippen LogP contribution in [-0.2, 0) is 21.7 Å². The number of aromatic hydroxyl groups is 1. The van der Waals surface area contributed by atoms with Crippen LogP contribution in [0.3, 0.4) is 0 Å². The number of rotatable bonds is 3. The number of phenols is 1. The Labute approximate surface area is 295 Å². The smallest absolute Gasteiger partial charge is 0.453 e. The quantitative estimate of drug-likeness (QED) is 0.206. The number of hydrogen-bond acceptors (Lipinski definition) is 4. The van der Waals surface area contributed by atoms with Gasteiger partial charge in [0.05, 0.1) is 0 Å². The van der Waals surface area contributed by atoms with Crippen molar-refractivity contribution in [3.63, 3.8) is 0 Å². The first-order chi connectivity index (χ1) is 22.4. The highest BCUT2D eigenvalue weighted by Gasteiger charge is 2.30. The van der Waals surface area contributed by atoms with Gasteiger partial charge < -0.3 is 18.0 Å². The molecule has 0 unspecified atom stereocenters. The fourth-order valence-electron chi connectivity index (χ4n) is 6.72. The van der Waals surface area contributed by atoms with Gasteiger partial charge in [0.2, 0.25) is 0 Å². The van der Waals surface area contributed by atoms with Crippen molar-refractivity contribution in [1.29, 1.82) is 0 Å². The molecule has 0 bridgehead atoms. The first-order valence-electron chi connectivity index (χ1n) is 17.5. The minimum Gasteiger partial charge on any atom is -0.507 e. The molecule has 4 aromatic carbocycles. The standard InChI is InChI=1S/C44H57O4P/c1-25-17-29(37(45)33(21-25)41(5,6)7)30-18-26(2)22-34(42(8,9)10)38(30)46-49-47-39-31(19-27(3)23-35(39)43(11,12)13)32-20-28(4)24-36(40(32)48-49)44(14,15)16/h17-24,45H,1-16H3. The molecule has 0 saturated carbocycles. The molecule has 5 heteroatoms. The van der Waals surface area contributed by atoms with Crippen molar-refractivity contribution >= 4 is 30.2 Å². The maximum atomic E-state index is 11.9. The van der Waals surface area contributed by atoms with Crippen molar-refractivity contribution in [3.05, 3.63) is 93.0 Å². The Kier molecular flexibility index (Phi) is 9.21. The maximum absolute atomic E-state index is 11.9. The summed E-state index contributed by atoms with van der Waals surface area (Å²) in [5.41, 5.74) is 10.9. The van der Waals surface area contributed by atoms with E-state index < -0.39 is 8.24 Å². The predicted octanol–water partition coefficient (Wildman–Crippen LogP) is 13.9. The van der Waals surface area contributed by atoms with E-state index in [1.165, 1.54) is 11.1 Å². The Morgan fingerprint density at radius 2 is 0.816 bits per heavy atom. The monoisotopic (exact) mass is 680 g/mol. The van der Waals surface area contributed by atoms with Crippen molar-refractivity contribution in [1.82, 2.24) is 0 Å². The molecule has 0 aliphatic heterocycles. The van der Waals surface area contributed by atoms with Gasteiger partial charge in [-0.2, -0.15) is 0 Å². The number of aryl methyl sites for hydroxylation is 4. The summed E-state index contributed by atoms with van der Waals surface area (Å²) < 4.78 is 21.3. The molecule has 262 valence electrons. The molecule has 0 fully saturated rings. The summed E-state index contributed by atoms with van der Waals surface area (Å²) in [5.74, 6) is 0.944. The second-order valence-electron chi connectivity index (χ2n) is 18.3. The Morgan fingerprint density at radius 1 is 0.469 bits per heavy atom. The van der Waals surface area contributed by atoms with Crippen LogP contribution >= 0.6 is 8.24 Å². The van der Waals surface area contributed by atoms with Gasteiger partial charge in [-0.3, -0.25) is 0 Å². The molecule has 0 amide bonds. The van der Waals surface area contributed by atoms with E-state index in [0.717, 1.165) is 66.4 Å². The van der Waals surface area contributed by atoms with Crippen LogP contribution in [0, 0.1) is 27.7 Å². The Bertz CT molecular complexity index is 2040. The van der Waals surface area contributed by atoms with Crippen LogP contribution in [-0.4, -0.2) is 5.11 Å². The van der Waals surface area contributed by atoms with Crippen LogP contribution in [0.5, 0.6) is 11.5 Å². The molecule has 0 radical (unpaired) electrons. The third-order valence-electron chi connectivity index (χ3n) is 9.26. The van der Waals surface area contributed by atoms with E-state index in [0.29, 0.717) is 5.75 Å². The molecule has 1 aromatic heterocycles. The summed E-state index contributed by atoms with van der Waals surface area (Å²) in [6.07, 6.45) is 0. The van der Waals surface area contributed by atoms with E-state index in [1.807, 2.05) is 0 Å². The molecule has 4 nitrogen and oxygen atoms in total. The lowest BCUT2D eigenvalue weighted by Gasteiger charge is -2.27. The van der Waals surface area contributed by atoms with Crippen molar-refractivity contribution in [2.24, 2.45) is 0 Å². The van der Waals surface area contributed by atoms with Crippen LogP contribution in [0.15, 0.2) is 56.9 Å². The van der Waals surface area contributed by atoms with E-state index in [1.54, 1.807) is 0 Å². The largest absolute Gasteiger partial charge is 0.507 e. The van der Waals surface area contributed by atoms with Gasteiger partial charge in [-0.1, -0.05) is 107 Å². The lowest BCUT2D eigenvalue weighted by atomic mass is 9.80. The Hall–Kier alpha value is -3.62. The molecule has 0 saturated heterocycles. The van der Waals surface area contributed by atoms with Gasteiger partial charge in [-0.05, 0) is 95.9 Å². The summed E-state index contributed by atoms with van der Waals surface area (Å²) in [5, 5.41) is 14.0. The summed E-state index contributed by atoms with van der Waals surface area (Å²) >= 11 is 0. The first kappa shape index (κ1) is 36.7. The lowest BCUT2D eigenvalue weighted by Crippen LogP contribution is -2.14. The Balaban J connectivity index is 1.98. The van der Waals surface area contributed by atoms with Crippen molar-refractivity contribution < 1.29 is 18.0 Å². The van der Waals surface area contributed by atoms with Crippen LogP contribution in [0.1, 0.15) is 128 Å². The number of benzene rings is 4. The zero-order valence-electron chi connectivity index (χ0n) is 32.7. The molecule has 5 aromatic rings.